The van der Waals surface area contributed by atoms with Gasteiger partial charge < -0.3 is 0 Å². The van der Waals surface area contributed by atoms with Gasteiger partial charge in [-0.15, -0.1) is 0 Å². The molecule has 1 N–H and O–H groups in total. The van der Waals surface area contributed by atoms with E-state index < -0.39 is 35.5 Å². The maximum Gasteiger partial charge on any atom is 0.243 e. The van der Waals surface area contributed by atoms with Crippen molar-refractivity contribution in [2.24, 2.45) is 0 Å². The molecule has 0 aliphatic carbocycles. The number of hydrogen-bond donors (Lipinski definition) is 1. The Morgan fingerprint density at radius 3 is 2.07 bits per heavy atom. The zero-order valence-corrected chi connectivity index (χ0v) is 18.1. The van der Waals surface area contributed by atoms with Crippen LogP contribution in [0.1, 0.15) is 26.3 Å². The predicted molar refractivity (Wildman–Crippen MR) is 108 cm³/mol. The molecule has 0 saturated carbocycles. The highest BCUT2D eigenvalue weighted by atomic mass is 79.9. The highest BCUT2D eigenvalue weighted by Gasteiger charge is 2.33. The molecule has 0 aliphatic heterocycles. The van der Waals surface area contributed by atoms with Crippen LogP contribution in [0.3, 0.4) is 0 Å². The zero-order valence-electron chi connectivity index (χ0n) is 14.9. The lowest BCUT2D eigenvalue weighted by atomic mass is 10.2. The lowest BCUT2D eigenvalue weighted by Crippen LogP contribution is -2.39. The summed E-state index contributed by atoms with van der Waals surface area (Å²) in [5, 5.41) is -1.57. The Balaban J connectivity index is 2.74. The van der Waals surface area contributed by atoms with E-state index in [1.54, 1.807) is 18.2 Å². The van der Waals surface area contributed by atoms with E-state index in [4.69, 9.17) is 0 Å². The predicted octanol–water partition coefficient (Wildman–Crippen LogP) is 4.24. The van der Waals surface area contributed by atoms with E-state index in [2.05, 4.69) is 20.7 Å². The zero-order chi connectivity index (χ0) is 20.5. The summed E-state index contributed by atoms with van der Waals surface area (Å²) in [6.07, 6.45) is 0. The van der Waals surface area contributed by atoms with Crippen molar-refractivity contribution in [2.45, 2.75) is 30.4 Å². The molecular formula is C18H19BrFNO4S2. The third-order valence-corrected chi connectivity index (χ3v) is 7.79. The molecule has 0 amide bonds. The van der Waals surface area contributed by atoms with E-state index in [9.17, 15) is 16.8 Å². The highest BCUT2D eigenvalue weighted by molar-refractivity contribution is 9.10. The molecule has 5 nitrogen and oxygen atoms in total. The van der Waals surface area contributed by atoms with Gasteiger partial charge in [-0.3, -0.25) is 4.72 Å². The lowest BCUT2D eigenvalue weighted by Gasteiger charge is -2.22. The molecule has 0 heterocycles. The summed E-state index contributed by atoms with van der Waals surface area (Å²) in [4.78, 5) is -0.273. The van der Waals surface area contributed by atoms with Crippen LogP contribution < -0.4 is 4.72 Å². The van der Waals surface area contributed by atoms with Crippen LogP contribution in [0.25, 0.3) is 5.70 Å². The van der Waals surface area contributed by atoms with Crippen molar-refractivity contribution in [3.05, 3.63) is 69.8 Å². The van der Waals surface area contributed by atoms with Gasteiger partial charge in [0.25, 0.3) is 0 Å². The molecule has 0 aromatic heterocycles. The van der Waals surface area contributed by atoms with Crippen LogP contribution in [-0.4, -0.2) is 21.6 Å². The van der Waals surface area contributed by atoms with Gasteiger partial charge in [0.05, 0.1) is 9.64 Å². The summed E-state index contributed by atoms with van der Waals surface area (Å²) in [6, 6.07) is 13.0. The van der Waals surface area contributed by atoms with Gasteiger partial charge in [0.1, 0.15) is 5.70 Å². The molecule has 27 heavy (non-hydrogen) atoms. The van der Waals surface area contributed by atoms with Crippen LogP contribution in [0.4, 0.5) is 4.39 Å². The second-order valence-corrected chi connectivity index (χ2v) is 11.9. The number of halogens is 2. The SMILES string of the molecule is CC(C)(C)S(=O)(=O)NC(=C(F)S(=O)(=O)c1ccccc1)c1cccc(Br)c1. The number of sulfonamides is 1. The smallest absolute Gasteiger partial charge is 0.243 e. The topological polar surface area (TPSA) is 80.3 Å². The summed E-state index contributed by atoms with van der Waals surface area (Å²) in [5.41, 5.74) is -0.552. The molecule has 0 atom stereocenters. The molecule has 0 saturated heterocycles. The van der Waals surface area contributed by atoms with E-state index in [0.29, 0.717) is 4.47 Å². The first-order valence-corrected chi connectivity index (χ1v) is 11.6. The Labute approximate surface area is 167 Å². The van der Waals surface area contributed by atoms with Crippen molar-refractivity contribution in [3.63, 3.8) is 0 Å². The first-order chi connectivity index (χ1) is 12.4. The van der Waals surface area contributed by atoms with Crippen molar-refractivity contribution >= 4 is 41.5 Å². The fourth-order valence-electron chi connectivity index (χ4n) is 1.98. The van der Waals surface area contributed by atoms with Crippen LogP contribution in [0.5, 0.6) is 0 Å². The third kappa shape index (κ3) is 4.77. The number of sulfone groups is 1. The van der Waals surface area contributed by atoms with Gasteiger partial charge in [-0.05, 0) is 45.0 Å². The maximum absolute atomic E-state index is 15.2. The van der Waals surface area contributed by atoms with E-state index in [1.807, 2.05) is 0 Å². The van der Waals surface area contributed by atoms with Gasteiger partial charge in [-0.25, -0.2) is 16.8 Å². The Bertz CT molecular complexity index is 1070. The molecule has 2 aromatic carbocycles. The minimum absolute atomic E-state index is 0.0780. The van der Waals surface area contributed by atoms with Crippen LogP contribution in [-0.2, 0) is 19.9 Å². The van der Waals surface area contributed by atoms with Crippen LogP contribution in [0, 0.1) is 0 Å². The van der Waals surface area contributed by atoms with E-state index >= 15 is 4.39 Å². The fraction of sp³-hybridized carbons (Fsp3) is 0.222. The normalized spacial score (nSPS) is 13.8. The molecule has 0 radical (unpaired) electrons. The van der Waals surface area contributed by atoms with Crippen LogP contribution in [0.15, 0.2) is 69.1 Å². The van der Waals surface area contributed by atoms with Gasteiger partial charge >= 0.3 is 0 Å². The summed E-state index contributed by atoms with van der Waals surface area (Å²) in [7, 11) is -8.62. The first-order valence-electron chi connectivity index (χ1n) is 7.84. The molecule has 0 spiro atoms. The molecular weight excluding hydrogens is 457 g/mol. The van der Waals surface area contributed by atoms with Gasteiger partial charge in [0.15, 0.2) is 0 Å². The first kappa shape index (κ1) is 21.6. The summed E-state index contributed by atoms with van der Waals surface area (Å²) < 4.78 is 67.1. The number of nitrogens with one attached hydrogen (secondary N) is 1. The van der Waals surface area contributed by atoms with Crippen molar-refractivity contribution in [1.29, 1.82) is 0 Å². The van der Waals surface area contributed by atoms with Crippen molar-refractivity contribution in [1.82, 2.24) is 4.72 Å². The molecule has 0 unspecified atom stereocenters. The van der Waals surface area contributed by atoms with Gasteiger partial charge in [0, 0.05) is 10.0 Å². The molecule has 0 aliphatic rings. The number of rotatable bonds is 5. The second-order valence-electron chi connectivity index (χ2n) is 6.69. The Morgan fingerprint density at radius 2 is 1.56 bits per heavy atom. The second kappa shape index (κ2) is 7.73. The molecule has 2 rings (SSSR count). The number of benzene rings is 2. The quantitative estimate of drug-likeness (QED) is 0.701. The van der Waals surface area contributed by atoms with Crippen molar-refractivity contribution in [3.8, 4) is 0 Å². The van der Waals surface area contributed by atoms with Crippen molar-refractivity contribution in [2.75, 3.05) is 0 Å². The highest BCUT2D eigenvalue weighted by Crippen LogP contribution is 2.30. The minimum atomic E-state index is -4.55. The Kier molecular flexibility index (Phi) is 6.18. The molecule has 0 fully saturated rings. The molecule has 146 valence electrons. The van der Waals surface area contributed by atoms with E-state index in [0.717, 1.165) is 0 Å². The lowest BCUT2D eigenvalue weighted by molar-refractivity contribution is 0.553. The van der Waals surface area contributed by atoms with E-state index in [-0.39, 0.29) is 10.5 Å². The molecule has 2 aromatic rings. The average Bonchev–Trinajstić information content (AvgIpc) is 2.59. The molecule has 0 bridgehead atoms. The largest absolute Gasteiger partial charge is 0.279 e. The minimum Gasteiger partial charge on any atom is -0.279 e. The summed E-state index contributed by atoms with van der Waals surface area (Å²) >= 11 is 3.22. The van der Waals surface area contributed by atoms with Crippen LogP contribution >= 0.6 is 15.9 Å². The monoisotopic (exact) mass is 475 g/mol. The Morgan fingerprint density at radius 1 is 0.963 bits per heavy atom. The summed E-state index contributed by atoms with van der Waals surface area (Å²) in [5.74, 6) is 0. The van der Waals surface area contributed by atoms with E-state index in [1.165, 1.54) is 57.2 Å². The molecule has 9 heteroatoms. The fourth-order valence-corrected chi connectivity index (χ4v) is 4.39. The van der Waals surface area contributed by atoms with Crippen molar-refractivity contribution < 1.29 is 21.2 Å². The Hall–Kier alpha value is -1.71. The van der Waals surface area contributed by atoms with Gasteiger partial charge in [-0.1, -0.05) is 46.3 Å². The summed E-state index contributed by atoms with van der Waals surface area (Å²) in [6.45, 7) is 4.28. The number of hydrogen-bond acceptors (Lipinski definition) is 4. The third-order valence-electron chi connectivity index (χ3n) is 3.64. The van der Waals surface area contributed by atoms with Gasteiger partial charge in [0.2, 0.25) is 25.0 Å². The van der Waals surface area contributed by atoms with Crippen LogP contribution in [0.2, 0.25) is 0 Å². The maximum atomic E-state index is 15.2. The van der Waals surface area contributed by atoms with Gasteiger partial charge in [-0.2, -0.15) is 4.39 Å². The standard InChI is InChI=1S/C18H19BrFNO4S2/c1-18(2,3)27(24,25)21-16(13-8-7-9-14(19)12-13)17(20)26(22,23)15-10-5-4-6-11-15/h4-12,21H,1-3H3. The average molecular weight is 476 g/mol.